The lowest BCUT2D eigenvalue weighted by Gasteiger charge is -2.34. The molecule has 0 fully saturated rings. The fourth-order valence-electron chi connectivity index (χ4n) is 3.72. The van der Waals surface area contributed by atoms with Gasteiger partial charge in [0.05, 0.1) is 5.52 Å². The lowest BCUT2D eigenvalue weighted by Crippen LogP contribution is -2.50. The quantitative estimate of drug-likeness (QED) is 0.385. The molecule has 2 amide bonds. The molecular formula is C26H29N5O2S. The zero-order valence-electron chi connectivity index (χ0n) is 19.6. The van der Waals surface area contributed by atoms with Gasteiger partial charge in [-0.15, -0.1) is 16.4 Å². The van der Waals surface area contributed by atoms with Crippen molar-refractivity contribution in [3.8, 4) is 0 Å². The number of nitrogens with one attached hydrogen (secondary N) is 1. The Morgan fingerprint density at radius 2 is 1.79 bits per heavy atom. The molecule has 1 atom stereocenters. The molecule has 4 rings (SSSR count). The molecule has 34 heavy (non-hydrogen) atoms. The number of rotatable bonds is 9. The predicted octanol–water partition coefficient (Wildman–Crippen LogP) is 4.57. The Morgan fingerprint density at radius 3 is 2.50 bits per heavy atom. The zero-order valence-corrected chi connectivity index (χ0v) is 20.5. The molecule has 2 heterocycles. The number of fused-ring (bicyclic) bond motifs is 1. The van der Waals surface area contributed by atoms with Gasteiger partial charge in [-0.25, -0.2) is 4.68 Å². The van der Waals surface area contributed by atoms with Gasteiger partial charge in [-0.3, -0.25) is 9.59 Å². The van der Waals surface area contributed by atoms with Crippen LogP contribution in [-0.2, 0) is 22.7 Å². The Bertz CT molecular complexity index is 1250. The van der Waals surface area contributed by atoms with Crippen LogP contribution < -0.4 is 5.32 Å². The van der Waals surface area contributed by atoms with Gasteiger partial charge in [-0.05, 0) is 49.4 Å². The first kappa shape index (κ1) is 23.6. The average Bonchev–Trinajstić information content (AvgIpc) is 3.50. The van der Waals surface area contributed by atoms with Crippen LogP contribution in [-0.4, -0.2) is 37.2 Å². The Kier molecular flexibility index (Phi) is 7.07. The highest BCUT2D eigenvalue weighted by atomic mass is 32.1. The summed E-state index contributed by atoms with van der Waals surface area (Å²) in [5, 5.41) is 13.4. The molecule has 0 radical (unpaired) electrons. The van der Waals surface area contributed by atoms with E-state index in [1.807, 2.05) is 92.9 Å². The van der Waals surface area contributed by atoms with Crippen molar-refractivity contribution in [3.63, 3.8) is 0 Å². The van der Waals surface area contributed by atoms with E-state index >= 15 is 0 Å². The molecule has 1 N–H and O–H groups in total. The lowest BCUT2D eigenvalue weighted by molar-refractivity contribution is -0.142. The van der Waals surface area contributed by atoms with Crippen molar-refractivity contribution < 1.29 is 9.59 Å². The highest BCUT2D eigenvalue weighted by Crippen LogP contribution is 2.29. The Morgan fingerprint density at radius 1 is 1.06 bits per heavy atom. The van der Waals surface area contributed by atoms with Crippen LogP contribution in [0.2, 0.25) is 0 Å². The molecule has 0 aliphatic carbocycles. The number of para-hydroxylation sites is 1. The fourth-order valence-corrected chi connectivity index (χ4v) is 4.55. The van der Waals surface area contributed by atoms with Gasteiger partial charge >= 0.3 is 0 Å². The van der Waals surface area contributed by atoms with Crippen molar-refractivity contribution in [1.29, 1.82) is 0 Å². The maximum Gasteiger partial charge on any atom is 0.248 e. The Balaban J connectivity index is 1.71. The largest absolute Gasteiger partial charge is 0.349 e. The van der Waals surface area contributed by atoms with E-state index in [1.165, 1.54) is 11.3 Å². The molecule has 176 valence electrons. The Labute approximate surface area is 203 Å². The van der Waals surface area contributed by atoms with Gasteiger partial charge in [-0.2, -0.15) is 0 Å². The first-order chi connectivity index (χ1) is 16.4. The Hall–Kier alpha value is -3.52. The average molecular weight is 476 g/mol. The normalized spacial score (nSPS) is 12.4. The molecule has 0 unspecified atom stereocenters. The standard InChI is InChI=1S/C26H29N5O2S/c1-4-26(2,3)27-25(33)24(22-15-10-16-34-22)30(17-19-11-6-5-7-12-19)23(32)18-31-21-14-9-8-13-20(21)28-29-31/h5-16,24H,4,17-18H2,1-3H3,(H,27,33)/t24-/m1/s1. The second-order valence-electron chi connectivity index (χ2n) is 8.89. The summed E-state index contributed by atoms with van der Waals surface area (Å²) in [6, 6.07) is 20.3. The van der Waals surface area contributed by atoms with E-state index in [0.29, 0.717) is 6.54 Å². The van der Waals surface area contributed by atoms with E-state index in [9.17, 15) is 9.59 Å². The predicted molar refractivity (Wildman–Crippen MR) is 134 cm³/mol. The number of aromatic nitrogens is 3. The summed E-state index contributed by atoms with van der Waals surface area (Å²) in [6.45, 7) is 6.29. The van der Waals surface area contributed by atoms with Gasteiger partial charge in [0, 0.05) is 17.0 Å². The molecule has 0 bridgehead atoms. The summed E-state index contributed by atoms with van der Waals surface area (Å²) in [5.74, 6) is -0.399. The second-order valence-corrected chi connectivity index (χ2v) is 9.87. The number of hydrogen-bond acceptors (Lipinski definition) is 5. The van der Waals surface area contributed by atoms with Crippen LogP contribution in [0.5, 0.6) is 0 Å². The van der Waals surface area contributed by atoms with Crippen LogP contribution >= 0.6 is 11.3 Å². The van der Waals surface area contributed by atoms with Crippen molar-refractivity contribution in [3.05, 3.63) is 82.6 Å². The van der Waals surface area contributed by atoms with Crippen LogP contribution in [0.15, 0.2) is 72.1 Å². The fraction of sp³-hybridized carbons (Fsp3) is 0.308. The van der Waals surface area contributed by atoms with Crippen molar-refractivity contribution in [2.24, 2.45) is 0 Å². The molecule has 0 aliphatic rings. The minimum atomic E-state index is -0.756. The van der Waals surface area contributed by atoms with Crippen LogP contribution in [0, 0.1) is 0 Å². The van der Waals surface area contributed by atoms with Gasteiger partial charge in [0.25, 0.3) is 0 Å². The third-order valence-corrected chi connectivity index (χ3v) is 6.86. The third kappa shape index (κ3) is 5.34. The van der Waals surface area contributed by atoms with Crippen LogP contribution in [0.25, 0.3) is 11.0 Å². The van der Waals surface area contributed by atoms with Crippen molar-refractivity contribution >= 4 is 34.2 Å². The van der Waals surface area contributed by atoms with Crippen molar-refractivity contribution in [2.45, 2.75) is 51.9 Å². The summed E-state index contributed by atoms with van der Waals surface area (Å²) in [6.07, 6.45) is 0.771. The molecule has 8 heteroatoms. The third-order valence-electron chi connectivity index (χ3n) is 5.94. The van der Waals surface area contributed by atoms with Crippen LogP contribution in [0.3, 0.4) is 0 Å². The second kappa shape index (κ2) is 10.2. The number of amides is 2. The number of nitrogens with zero attached hydrogens (tertiary/aromatic N) is 4. The van der Waals surface area contributed by atoms with Gasteiger partial charge in [0.15, 0.2) is 0 Å². The minimum absolute atomic E-state index is 0.0142. The summed E-state index contributed by atoms with van der Waals surface area (Å²) in [4.78, 5) is 29.9. The molecule has 0 saturated heterocycles. The first-order valence-corrected chi connectivity index (χ1v) is 12.2. The first-order valence-electron chi connectivity index (χ1n) is 11.3. The van der Waals surface area contributed by atoms with Gasteiger partial charge in [0.1, 0.15) is 18.1 Å². The molecule has 2 aromatic carbocycles. The lowest BCUT2D eigenvalue weighted by atomic mass is 10.0. The van der Waals surface area contributed by atoms with E-state index in [1.54, 1.807) is 9.58 Å². The van der Waals surface area contributed by atoms with Gasteiger partial charge in [0.2, 0.25) is 11.8 Å². The molecule has 0 saturated carbocycles. The maximum absolute atomic E-state index is 13.8. The van der Waals surface area contributed by atoms with Gasteiger partial charge in [-0.1, -0.05) is 60.7 Å². The molecule has 2 aromatic heterocycles. The van der Waals surface area contributed by atoms with E-state index in [0.717, 1.165) is 27.9 Å². The van der Waals surface area contributed by atoms with Crippen LogP contribution in [0.4, 0.5) is 0 Å². The maximum atomic E-state index is 13.8. The smallest absolute Gasteiger partial charge is 0.248 e. The number of benzene rings is 2. The van der Waals surface area contributed by atoms with Gasteiger partial charge < -0.3 is 10.2 Å². The zero-order chi connectivity index (χ0) is 24.1. The summed E-state index contributed by atoms with van der Waals surface area (Å²) in [7, 11) is 0. The monoisotopic (exact) mass is 475 g/mol. The number of carbonyl (C=O) groups is 2. The summed E-state index contributed by atoms with van der Waals surface area (Å²) in [5.41, 5.74) is 2.06. The molecule has 7 nitrogen and oxygen atoms in total. The highest BCUT2D eigenvalue weighted by Gasteiger charge is 2.35. The number of carbonyl (C=O) groups excluding carboxylic acids is 2. The van der Waals surface area contributed by atoms with Crippen LogP contribution in [0.1, 0.15) is 43.7 Å². The molecule has 4 aromatic rings. The minimum Gasteiger partial charge on any atom is -0.349 e. The van der Waals surface area contributed by atoms with E-state index < -0.39 is 11.6 Å². The van der Waals surface area contributed by atoms with Crippen molar-refractivity contribution in [2.75, 3.05) is 0 Å². The SMILES string of the molecule is CCC(C)(C)NC(=O)[C@@H](c1cccs1)N(Cc1ccccc1)C(=O)Cn1nnc2ccccc21. The van der Waals surface area contributed by atoms with E-state index in [4.69, 9.17) is 0 Å². The number of thiophene rings is 1. The van der Waals surface area contributed by atoms with Crippen molar-refractivity contribution in [1.82, 2.24) is 25.2 Å². The molecule has 0 aliphatic heterocycles. The summed E-state index contributed by atoms with van der Waals surface area (Å²) < 4.78 is 1.59. The highest BCUT2D eigenvalue weighted by molar-refractivity contribution is 7.10. The van der Waals surface area contributed by atoms with E-state index in [-0.39, 0.29) is 18.4 Å². The van der Waals surface area contributed by atoms with E-state index in [2.05, 4.69) is 15.6 Å². The number of hydrogen-bond donors (Lipinski definition) is 1. The summed E-state index contributed by atoms with van der Waals surface area (Å²) >= 11 is 1.47. The molecule has 0 spiro atoms. The topological polar surface area (TPSA) is 80.1 Å². The molecular weight excluding hydrogens is 446 g/mol.